The van der Waals surface area contributed by atoms with Crippen LogP contribution in [0.4, 0.5) is 0 Å². The molecule has 0 bridgehead atoms. The third kappa shape index (κ3) is 4.32. The molecule has 3 rings (SSSR count). The van der Waals surface area contributed by atoms with Crippen molar-refractivity contribution >= 4 is 5.91 Å². The highest BCUT2D eigenvalue weighted by atomic mass is 16.4. The van der Waals surface area contributed by atoms with Crippen molar-refractivity contribution in [2.45, 2.75) is 51.4 Å². The van der Waals surface area contributed by atoms with E-state index in [-0.39, 0.29) is 23.4 Å². The van der Waals surface area contributed by atoms with Crippen molar-refractivity contribution in [3.8, 4) is 0 Å². The minimum Gasteiger partial charge on any atom is -0.425 e. The summed E-state index contributed by atoms with van der Waals surface area (Å²) in [7, 11) is 0. The zero-order valence-corrected chi connectivity index (χ0v) is 14.6. The third-order valence-corrected chi connectivity index (χ3v) is 4.44. The van der Waals surface area contributed by atoms with Crippen molar-refractivity contribution in [3.63, 3.8) is 0 Å². The number of piperidine rings is 1. The summed E-state index contributed by atoms with van der Waals surface area (Å²) in [4.78, 5) is 32.2. The highest BCUT2D eigenvalue weighted by molar-refractivity contribution is 5.76. The summed E-state index contributed by atoms with van der Waals surface area (Å²) in [5.41, 5.74) is 0.495. The van der Waals surface area contributed by atoms with Crippen LogP contribution in [-0.2, 0) is 11.2 Å². The number of hydrogen-bond donors (Lipinski definition) is 1. The van der Waals surface area contributed by atoms with Gasteiger partial charge in [0.2, 0.25) is 17.7 Å². The maximum absolute atomic E-state index is 12.5. The maximum atomic E-state index is 12.5. The van der Waals surface area contributed by atoms with E-state index >= 15 is 0 Å². The minimum absolute atomic E-state index is 0.0744. The van der Waals surface area contributed by atoms with Gasteiger partial charge < -0.3 is 14.3 Å². The van der Waals surface area contributed by atoms with Crippen molar-refractivity contribution in [1.82, 2.24) is 25.1 Å². The summed E-state index contributed by atoms with van der Waals surface area (Å²) in [5.74, 6) is 1.50. The van der Waals surface area contributed by atoms with Crippen LogP contribution < -0.4 is 5.69 Å². The number of hydrogen-bond acceptors (Lipinski definition) is 6. The molecule has 1 saturated heterocycles. The third-order valence-electron chi connectivity index (χ3n) is 4.44. The molecule has 0 saturated carbocycles. The van der Waals surface area contributed by atoms with Crippen LogP contribution >= 0.6 is 0 Å². The summed E-state index contributed by atoms with van der Waals surface area (Å²) in [6.45, 7) is 5.32. The molecule has 0 unspecified atom stereocenters. The topological polar surface area (TPSA) is 105 Å². The van der Waals surface area contributed by atoms with Crippen LogP contribution in [0.3, 0.4) is 0 Å². The second-order valence-corrected chi connectivity index (χ2v) is 6.70. The Hall–Kier alpha value is -2.51. The molecule has 8 nitrogen and oxygen atoms in total. The lowest BCUT2D eigenvalue weighted by atomic mass is 9.94. The van der Waals surface area contributed by atoms with E-state index in [1.165, 1.54) is 6.20 Å². The number of carbonyl (C=O) groups excluding carboxylic acids is 1. The summed E-state index contributed by atoms with van der Waals surface area (Å²) in [6, 6.07) is 1.81. The number of nitrogens with one attached hydrogen (secondary N) is 1. The molecule has 134 valence electrons. The number of aryl methyl sites for hydroxylation is 1. The van der Waals surface area contributed by atoms with E-state index in [0.29, 0.717) is 31.2 Å². The van der Waals surface area contributed by atoms with Gasteiger partial charge in [0.15, 0.2) is 0 Å². The lowest BCUT2D eigenvalue weighted by molar-refractivity contribution is -0.132. The van der Waals surface area contributed by atoms with Crippen LogP contribution in [0.2, 0.25) is 0 Å². The monoisotopic (exact) mass is 345 g/mol. The Balaban J connectivity index is 1.57. The van der Waals surface area contributed by atoms with Gasteiger partial charge in [-0.3, -0.25) is 4.79 Å². The standard InChI is InChI=1S/C17H23N5O3/c1-11(2)16-21-20-14(25-16)5-6-15(23)22-9-3-4-12(10-22)13-7-8-18-17(24)19-13/h7-8,11-12H,3-6,9-10H2,1-2H3,(H,18,19,24)/t12-/m0/s1. The Morgan fingerprint density at radius 3 is 3.00 bits per heavy atom. The van der Waals surface area contributed by atoms with E-state index in [1.54, 1.807) is 0 Å². The molecule has 2 aromatic rings. The minimum atomic E-state index is -0.349. The number of H-pyrrole nitrogens is 1. The van der Waals surface area contributed by atoms with Gasteiger partial charge in [0.05, 0.1) is 0 Å². The Morgan fingerprint density at radius 1 is 1.44 bits per heavy atom. The Kier molecular flexibility index (Phi) is 5.25. The molecule has 1 amide bonds. The Labute approximate surface area is 145 Å². The number of amides is 1. The quantitative estimate of drug-likeness (QED) is 0.883. The molecule has 1 N–H and O–H groups in total. The van der Waals surface area contributed by atoms with E-state index in [0.717, 1.165) is 25.1 Å². The molecular formula is C17H23N5O3. The normalized spacial score (nSPS) is 17.9. The van der Waals surface area contributed by atoms with Crippen LogP contribution in [0.1, 0.15) is 62.4 Å². The van der Waals surface area contributed by atoms with E-state index < -0.39 is 0 Å². The fourth-order valence-electron chi connectivity index (χ4n) is 3.05. The van der Waals surface area contributed by atoms with E-state index in [4.69, 9.17) is 4.42 Å². The molecule has 1 fully saturated rings. The lowest BCUT2D eigenvalue weighted by Gasteiger charge is -2.32. The SMILES string of the molecule is CC(C)c1nnc(CCC(=O)N2CCC[C@H](c3ccnc(=O)[nH]3)C2)o1. The number of carbonyl (C=O) groups is 1. The number of likely N-dealkylation sites (tertiary alicyclic amines) is 1. The average molecular weight is 345 g/mol. The molecule has 0 radical (unpaired) electrons. The van der Waals surface area contributed by atoms with Crippen molar-refractivity contribution in [1.29, 1.82) is 0 Å². The maximum Gasteiger partial charge on any atom is 0.345 e. The molecule has 0 spiro atoms. The van der Waals surface area contributed by atoms with Crippen molar-refractivity contribution < 1.29 is 9.21 Å². The molecule has 1 aliphatic heterocycles. The van der Waals surface area contributed by atoms with Gasteiger partial charge in [0, 0.05) is 49.7 Å². The van der Waals surface area contributed by atoms with Crippen LogP contribution in [0, 0.1) is 0 Å². The van der Waals surface area contributed by atoms with Gasteiger partial charge in [-0.2, -0.15) is 0 Å². The molecule has 1 atom stereocenters. The number of aromatic nitrogens is 4. The van der Waals surface area contributed by atoms with Crippen molar-refractivity contribution in [2.24, 2.45) is 0 Å². The first-order valence-corrected chi connectivity index (χ1v) is 8.68. The Bertz CT molecular complexity index is 782. The van der Waals surface area contributed by atoms with Gasteiger partial charge in [0.25, 0.3) is 0 Å². The zero-order chi connectivity index (χ0) is 17.8. The van der Waals surface area contributed by atoms with Crippen LogP contribution in [0.15, 0.2) is 21.5 Å². The summed E-state index contributed by atoms with van der Waals surface area (Å²) in [6.07, 6.45) is 4.17. The smallest absolute Gasteiger partial charge is 0.345 e. The molecule has 0 aliphatic carbocycles. The first-order valence-electron chi connectivity index (χ1n) is 8.68. The molecule has 0 aromatic carbocycles. The summed E-state index contributed by atoms with van der Waals surface area (Å²) >= 11 is 0. The first-order chi connectivity index (χ1) is 12.0. The van der Waals surface area contributed by atoms with Crippen molar-refractivity contribution in [3.05, 3.63) is 40.2 Å². The molecule has 2 aromatic heterocycles. The summed E-state index contributed by atoms with van der Waals surface area (Å²) < 4.78 is 5.55. The number of nitrogens with zero attached hydrogens (tertiary/aromatic N) is 4. The average Bonchev–Trinajstić information content (AvgIpc) is 3.09. The molecular weight excluding hydrogens is 322 g/mol. The van der Waals surface area contributed by atoms with Gasteiger partial charge in [-0.1, -0.05) is 13.8 Å². The Morgan fingerprint density at radius 2 is 2.28 bits per heavy atom. The van der Waals surface area contributed by atoms with E-state index in [2.05, 4.69) is 20.2 Å². The predicted molar refractivity (Wildman–Crippen MR) is 90.1 cm³/mol. The predicted octanol–water partition coefficient (Wildman–Crippen LogP) is 1.62. The molecule has 8 heteroatoms. The second-order valence-electron chi connectivity index (χ2n) is 6.70. The fraction of sp³-hybridized carbons (Fsp3) is 0.588. The highest BCUT2D eigenvalue weighted by Gasteiger charge is 2.25. The van der Waals surface area contributed by atoms with Crippen LogP contribution in [0.25, 0.3) is 0 Å². The molecule has 3 heterocycles. The van der Waals surface area contributed by atoms with Gasteiger partial charge in [-0.05, 0) is 18.9 Å². The van der Waals surface area contributed by atoms with Gasteiger partial charge in [-0.15, -0.1) is 10.2 Å². The largest absolute Gasteiger partial charge is 0.425 e. The number of rotatable bonds is 5. The van der Waals surface area contributed by atoms with Crippen molar-refractivity contribution in [2.75, 3.05) is 13.1 Å². The zero-order valence-electron chi connectivity index (χ0n) is 14.6. The van der Waals surface area contributed by atoms with Gasteiger partial charge in [0.1, 0.15) is 0 Å². The second kappa shape index (κ2) is 7.58. The lowest BCUT2D eigenvalue weighted by Crippen LogP contribution is -2.39. The highest BCUT2D eigenvalue weighted by Crippen LogP contribution is 2.25. The number of aromatic amines is 1. The molecule has 1 aliphatic rings. The summed E-state index contributed by atoms with van der Waals surface area (Å²) in [5, 5.41) is 7.98. The first kappa shape index (κ1) is 17.3. The van der Waals surface area contributed by atoms with E-state index in [1.807, 2.05) is 24.8 Å². The van der Waals surface area contributed by atoms with Gasteiger partial charge >= 0.3 is 5.69 Å². The van der Waals surface area contributed by atoms with Gasteiger partial charge in [-0.25, -0.2) is 9.78 Å². The fourth-order valence-corrected chi connectivity index (χ4v) is 3.05. The molecule has 25 heavy (non-hydrogen) atoms. The van der Waals surface area contributed by atoms with E-state index in [9.17, 15) is 9.59 Å². The van der Waals surface area contributed by atoms with Crippen LogP contribution in [0.5, 0.6) is 0 Å². The van der Waals surface area contributed by atoms with Crippen LogP contribution in [-0.4, -0.2) is 44.1 Å².